The molecule has 1 aromatic heterocycles. The molecule has 0 bridgehead atoms. The topological polar surface area (TPSA) is 83.0 Å². The minimum atomic E-state index is -0.381. The fourth-order valence-corrected chi connectivity index (χ4v) is 1.42. The molecule has 0 fully saturated rings. The summed E-state index contributed by atoms with van der Waals surface area (Å²) in [5.41, 5.74) is 7.37. The van der Waals surface area contributed by atoms with Crippen molar-refractivity contribution in [2.75, 3.05) is 12.3 Å². The van der Waals surface area contributed by atoms with Crippen LogP contribution >= 0.6 is 0 Å². The zero-order valence-electron chi connectivity index (χ0n) is 9.33. The second-order valence-corrected chi connectivity index (χ2v) is 3.33. The lowest BCUT2D eigenvalue weighted by Crippen LogP contribution is -2.07. The smallest absolute Gasteiger partial charge is 0.338 e. The molecule has 1 aromatic carbocycles. The fourth-order valence-electron chi connectivity index (χ4n) is 1.42. The Bertz CT molecular complexity index is 522. The van der Waals surface area contributed by atoms with Gasteiger partial charge in [0, 0.05) is 0 Å². The van der Waals surface area contributed by atoms with Crippen LogP contribution in [0.4, 0.5) is 5.69 Å². The molecule has 2 aromatic rings. The maximum atomic E-state index is 11.6. The molecule has 0 radical (unpaired) electrons. The van der Waals surface area contributed by atoms with Crippen LogP contribution in [0.15, 0.2) is 30.9 Å². The zero-order valence-corrected chi connectivity index (χ0v) is 9.33. The molecule has 0 saturated carbocycles. The Morgan fingerprint density at radius 1 is 1.53 bits per heavy atom. The van der Waals surface area contributed by atoms with Crippen molar-refractivity contribution >= 4 is 11.7 Å². The first-order valence-corrected chi connectivity index (χ1v) is 5.14. The second kappa shape index (κ2) is 4.65. The van der Waals surface area contributed by atoms with Crippen molar-refractivity contribution in [3.8, 4) is 5.69 Å². The monoisotopic (exact) mass is 232 g/mol. The van der Waals surface area contributed by atoms with Crippen LogP contribution < -0.4 is 5.73 Å². The number of anilines is 1. The number of hydrogen-bond acceptors (Lipinski definition) is 5. The van der Waals surface area contributed by atoms with Gasteiger partial charge in [0.05, 0.1) is 23.5 Å². The predicted molar refractivity (Wildman–Crippen MR) is 61.7 cm³/mol. The maximum Gasteiger partial charge on any atom is 0.338 e. The molecule has 0 aliphatic carbocycles. The molecule has 0 unspecified atom stereocenters. The van der Waals surface area contributed by atoms with Crippen LogP contribution in [0.5, 0.6) is 0 Å². The summed E-state index contributed by atoms with van der Waals surface area (Å²) in [6.07, 6.45) is 2.91. The first-order valence-electron chi connectivity index (χ1n) is 5.14. The third-order valence-corrected chi connectivity index (χ3v) is 2.21. The van der Waals surface area contributed by atoms with Gasteiger partial charge in [-0.05, 0) is 25.1 Å². The molecule has 0 spiro atoms. The lowest BCUT2D eigenvalue weighted by molar-refractivity contribution is 0.0526. The Balaban J connectivity index is 2.40. The number of aromatic nitrogens is 3. The SMILES string of the molecule is CCOC(=O)c1ccc(N)c(-n2cncn2)c1. The van der Waals surface area contributed by atoms with Crippen molar-refractivity contribution in [1.82, 2.24) is 14.8 Å². The van der Waals surface area contributed by atoms with E-state index in [0.717, 1.165) is 0 Å². The second-order valence-electron chi connectivity index (χ2n) is 3.33. The molecule has 0 amide bonds. The Morgan fingerprint density at radius 2 is 2.35 bits per heavy atom. The van der Waals surface area contributed by atoms with Crippen molar-refractivity contribution in [3.63, 3.8) is 0 Å². The van der Waals surface area contributed by atoms with Gasteiger partial charge >= 0.3 is 5.97 Å². The van der Waals surface area contributed by atoms with E-state index in [-0.39, 0.29) is 5.97 Å². The van der Waals surface area contributed by atoms with Gasteiger partial charge in [0.25, 0.3) is 0 Å². The zero-order chi connectivity index (χ0) is 12.3. The largest absolute Gasteiger partial charge is 0.462 e. The van der Waals surface area contributed by atoms with Crippen LogP contribution in [0, 0.1) is 0 Å². The first kappa shape index (κ1) is 11.1. The van der Waals surface area contributed by atoms with Gasteiger partial charge in [-0.15, -0.1) is 0 Å². The summed E-state index contributed by atoms with van der Waals surface area (Å²) in [7, 11) is 0. The van der Waals surface area contributed by atoms with E-state index in [0.29, 0.717) is 23.5 Å². The van der Waals surface area contributed by atoms with Crippen LogP contribution in [0.25, 0.3) is 5.69 Å². The van der Waals surface area contributed by atoms with E-state index in [1.165, 1.54) is 17.3 Å². The summed E-state index contributed by atoms with van der Waals surface area (Å²) in [6.45, 7) is 2.09. The number of benzene rings is 1. The number of nitrogen functional groups attached to an aromatic ring is 1. The van der Waals surface area contributed by atoms with E-state index in [1.54, 1.807) is 25.1 Å². The van der Waals surface area contributed by atoms with Gasteiger partial charge in [-0.25, -0.2) is 14.5 Å². The van der Waals surface area contributed by atoms with Gasteiger partial charge in [-0.3, -0.25) is 0 Å². The van der Waals surface area contributed by atoms with Crippen molar-refractivity contribution in [1.29, 1.82) is 0 Å². The highest BCUT2D eigenvalue weighted by Crippen LogP contribution is 2.18. The van der Waals surface area contributed by atoms with E-state index in [2.05, 4.69) is 10.1 Å². The Morgan fingerprint density at radius 3 is 3.00 bits per heavy atom. The van der Waals surface area contributed by atoms with Gasteiger partial charge in [-0.1, -0.05) is 0 Å². The van der Waals surface area contributed by atoms with E-state index >= 15 is 0 Å². The normalized spacial score (nSPS) is 10.2. The van der Waals surface area contributed by atoms with E-state index in [9.17, 15) is 4.79 Å². The van der Waals surface area contributed by atoms with Crippen LogP contribution in [-0.4, -0.2) is 27.3 Å². The highest BCUT2D eigenvalue weighted by Gasteiger charge is 2.10. The molecular weight excluding hydrogens is 220 g/mol. The summed E-state index contributed by atoms with van der Waals surface area (Å²) < 4.78 is 6.41. The van der Waals surface area contributed by atoms with Gasteiger partial charge in [0.1, 0.15) is 12.7 Å². The highest BCUT2D eigenvalue weighted by molar-refractivity contribution is 5.91. The molecule has 1 heterocycles. The van der Waals surface area contributed by atoms with Crippen molar-refractivity contribution < 1.29 is 9.53 Å². The Kier molecular flexibility index (Phi) is 3.04. The number of nitrogens with two attached hydrogens (primary N) is 1. The number of nitrogens with zero attached hydrogens (tertiary/aromatic N) is 3. The summed E-state index contributed by atoms with van der Waals surface area (Å²) in [5.74, 6) is -0.381. The molecule has 0 saturated heterocycles. The minimum Gasteiger partial charge on any atom is -0.462 e. The summed E-state index contributed by atoms with van der Waals surface area (Å²) in [5, 5.41) is 3.97. The molecule has 0 atom stereocenters. The standard InChI is InChI=1S/C11H12N4O2/c1-2-17-11(16)8-3-4-9(12)10(5-8)15-7-13-6-14-15/h3-7H,2,12H2,1H3. The number of carbonyl (C=O) groups is 1. The highest BCUT2D eigenvalue weighted by atomic mass is 16.5. The third kappa shape index (κ3) is 2.25. The molecular formula is C11H12N4O2. The lowest BCUT2D eigenvalue weighted by Gasteiger charge is -2.07. The van der Waals surface area contributed by atoms with Gasteiger partial charge in [-0.2, -0.15) is 5.10 Å². The third-order valence-electron chi connectivity index (χ3n) is 2.21. The molecule has 6 nitrogen and oxygen atoms in total. The minimum absolute atomic E-state index is 0.335. The molecule has 88 valence electrons. The molecule has 6 heteroatoms. The van der Waals surface area contributed by atoms with Gasteiger partial charge in [0.15, 0.2) is 0 Å². The fraction of sp³-hybridized carbons (Fsp3) is 0.182. The van der Waals surface area contributed by atoms with Crippen LogP contribution in [0.2, 0.25) is 0 Å². The van der Waals surface area contributed by atoms with Crippen molar-refractivity contribution in [3.05, 3.63) is 36.4 Å². The number of hydrogen-bond donors (Lipinski definition) is 1. The molecule has 0 aliphatic heterocycles. The number of rotatable bonds is 3. The molecule has 17 heavy (non-hydrogen) atoms. The molecule has 0 aliphatic rings. The van der Waals surface area contributed by atoms with Crippen molar-refractivity contribution in [2.24, 2.45) is 0 Å². The number of carbonyl (C=O) groups excluding carboxylic acids is 1. The number of esters is 1. The van der Waals surface area contributed by atoms with Gasteiger partial charge in [0.2, 0.25) is 0 Å². The molecule has 2 N–H and O–H groups in total. The lowest BCUT2D eigenvalue weighted by atomic mass is 10.2. The summed E-state index contributed by atoms with van der Waals surface area (Å²) in [6, 6.07) is 4.89. The first-order chi connectivity index (χ1) is 8.22. The van der Waals surface area contributed by atoms with E-state index in [1.807, 2.05) is 0 Å². The van der Waals surface area contributed by atoms with Crippen LogP contribution in [0.1, 0.15) is 17.3 Å². The quantitative estimate of drug-likeness (QED) is 0.631. The number of ether oxygens (including phenoxy) is 1. The predicted octanol–water partition coefficient (Wildman–Crippen LogP) is 1.03. The maximum absolute atomic E-state index is 11.6. The van der Waals surface area contributed by atoms with E-state index in [4.69, 9.17) is 10.5 Å². The van der Waals surface area contributed by atoms with Gasteiger partial charge < -0.3 is 10.5 Å². The van der Waals surface area contributed by atoms with Crippen LogP contribution in [-0.2, 0) is 4.74 Å². The Labute approximate surface area is 98.0 Å². The van der Waals surface area contributed by atoms with E-state index < -0.39 is 0 Å². The van der Waals surface area contributed by atoms with Crippen molar-refractivity contribution in [2.45, 2.75) is 6.92 Å². The Hall–Kier alpha value is -2.37. The summed E-state index contributed by atoms with van der Waals surface area (Å²) >= 11 is 0. The van der Waals surface area contributed by atoms with Crippen LogP contribution in [0.3, 0.4) is 0 Å². The molecule has 2 rings (SSSR count). The average molecular weight is 232 g/mol. The average Bonchev–Trinajstić information content (AvgIpc) is 2.83. The summed E-state index contributed by atoms with van der Waals surface area (Å²) in [4.78, 5) is 15.4.